The molecule has 0 spiro atoms. The molecule has 0 bridgehead atoms. The van der Waals surface area contributed by atoms with Crippen LogP contribution in [0.5, 0.6) is 0 Å². The van der Waals surface area contributed by atoms with Crippen LogP contribution in [0.1, 0.15) is 29.7 Å². The Kier molecular flexibility index (Phi) is 4.48. The van der Waals surface area contributed by atoms with Crippen LogP contribution in [0, 0.1) is 11.6 Å². The molecule has 4 rings (SSSR count). The van der Waals surface area contributed by atoms with Crippen LogP contribution in [0.2, 0.25) is 5.02 Å². The standard InChI is InChI=1S/C21H16ClF2NO2/c22-14-5-1-3-12(7-14)11-25-20-13(8-19(26)27)4-2-6-16(20)17-9-15(23)10-18(24)21(17)25/h1,3-5,7,9-10H,2,6,8,11H2,(H,26,27). The molecule has 1 aromatic heterocycles. The van der Waals surface area contributed by atoms with Crippen LogP contribution < -0.4 is 0 Å². The van der Waals surface area contributed by atoms with Gasteiger partial charge in [-0.15, -0.1) is 0 Å². The van der Waals surface area contributed by atoms with Gasteiger partial charge in [0.25, 0.3) is 0 Å². The number of fused-ring (bicyclic) bond motifs is 3. The van der Waals surface area contributed by atoms with Gasteiger partial charge in [-0.05, 0) is 47.7 Å². The molecule has 138 valence electrons. The summed E-state index contributed by atoms with van der Waals surface area (Å²) in [4.78, 5) is 11.3. The molecule has 0 saturated carbocycles. The zero-order valence-electron chi connectivity index (χ0n) is 14.3. The predicted molar refractivity (Wildman–Crippen MR) is 101 cm³/mol. The molecule has 0 fully saturated rings. The third-order valence-corrected chi connectivity index (χ3v) is 5.07. The summed E-state index contributed by atoms with van der Waals surface area (Å²) in [7, 11) is 0. The Morgan fingerprint density at radius 2 is 2.04 bits per heavy atom. The smallest absolute Gasteiger partial charge is 0.307 e. The number of aryl methyl sites for hydroxylation is 1. The van der Waals surface area contributed by atoms with E-state index in [2.05, 4.69) is 0 Å². The first-order chi connectivity index (χ1) is 12.9. The summed E-state index contributed by atoms with van der Waals surface area (Å²) in [6, 6.07) is 9.40. The van der Waals surface area contributed by atoms with E-state index < -0.39 is 17.6 Å². The fraction of sp³-hybridized carbons (Fsp3) is 0.190. The third kappa shape index (κ3) is 3.23. The molecule has 1 aliphatic carbocycles. The number of benzene rings is 2. The molecular formula is C21H16ClF2NO2. The van der Waals surface area contributed by atoms with Crippen LogP contribution >= 0.6 is 11.6 Å². The van der Waals surface area contributed by atoms with Gasteiger partial charge in [0.15, 0.2) is 0 Å². The Balaban J connectivity index is 1.98. The van der Waals surface area contributed by atoms with Crippen LogP contribution in [-0.4, -0.2) is 15.6 Å². The fourth-order valence-corrected chi connectivity index (χ4v) is 4.09. The highest BCUT2D eigenvalue weighted by molar-refractivity contribution is 6.30. The summed E-state index contributed by atoms with van der Waals surface area (Å²) < 4.78 is 30.4. The normalized spacial score (nSPS) is 13.5. The van der Waals surface area contributed by atoms with Crippen molar-refractivity contribution in [2.75, 3.05) is 0 Å². The summed E-state index contributed by atoms with van der Waals surface area (Å²) in [6.45, 7) is 0.311. The van der Waals surface area contributed by atoms with Gasteiger partial charge in [0.05, 0.1) is 11.9 Å². The van der Waals surface area contributed by atoms with Gasteiger partial charge in [-0.2, -0.15) is 0 Å². The molecular weight excluding hydrogens is 372 g/mol. The quantitative estimate of drug-likeness (QED) is 0.649. The number of aliphatic carboxylic acids is 1. The van der Waals surface area contributed by atoms with Gasteiger partial charge in [0, 0.05) is 28.7 Å². The van der Waals surface area contributed by atoms with E-state index in [1.807, 2.05) is 12.1 Å². The summed E-state index contributed by atoms with van der Waals surface area (Å²) in [5.74, 6) is -2.26. The van der Waals surface area contributed by atoms with Crippen LogP contribution in [0.25, 0.3) is 16.5 Å². The minimum absolute atomic E-state index is 0.164. The molecule has 0 amide bonds. The van der Waals surface area contributed by atoms with Crippen molar-refractivity contribution in [3.8, 4) is 0 Å². The van der Waals surface area contributed by atoms with Crippen LogP contribution in [0.15, 0.2) is 42.5 Å². The first-order valence-electron chi connectivity index (χ1n) is 8.60. The fourth-order valence-electron chi connectivity index (χ4n) is 3.88. The average Bonchev–Trinajstić information content (AvgIpc) is 2.89. The van der Waals surface area contributed by atoms with E-state index >= 15 is 0 Å². The number of halogens is 3. The van der Waals surface area contributed by atoms with Crippen molar-refractivity contribution >= 4 is 34.0 Å². The number of carbonyl (C=O) groups is 1. The molecule has 0 unspecified atom stereocenters. The van der Waals surface area contributed by atoms with E-state index in [1.165, 1.54) is 6.07 Å². The third-order valence-electron chi connectivity index (χ3n) is 4.84. The second-order valence-corrected chi connectivity index (χ2v) is 7.10. The number of rotatable bonds is 4. The van der Waals surface area contributed by atoms with Crippen LogP contribution in [0.3, 0.4) is 0 Å². The number of nitrogens with zero attached hydrogens (tertiary/aromatic N) is 1. The molecule has 2 aromatic carbocycles. The highest BCUT2D eigenvalue weighted by atomic mass is 35.5. The number of allylic oxidation sites excluding steroid dienone is 1. The predicted octanol–water partition coefficient (Wildman–Crippen LogP) is 5.43. The topological polar surface area (TPSA) is 42.2 Å². The lowest BCUT2D eigenvalue weighted by Gasteiger charge is -2.18. The zero-order chi connectivity index (χ0) is 19.1. The lowest BCUT2D eigenvalue weighted by atomic mass is 9.93. The van der Waals surface area contributed by atoms with Gasteiger partial charge in [-0.3, -0.25) is 4.79 Å². The summed E-state index contributed by atoms with van der Waals surface area (Å²) in [5, 5.41) is 10.3. The van der Waals surface area contributed by atoms with Gasteiger partial charge in [0.1, 0.15) is 11.6 Å². The molecule has 0 saturated heterocycles. The summed E-state index contributed by atoms with van der Waals surface area (Å²) >= 11 is 6.07. The lowest BCUT2D eigenvalue weighted by molar-refractivity contribution is -0.135. The minimum Gasteiger partial charge on any atom is -0.481 e. The molecule has 1 heterocycles. The van der Waals surface area contributed by atoms with Crippen molar-refractivity contribution in [2.45, 2.75) is 25.8 Å². The summed E-state index contributed by atoms with van der Waals surface area (Å²) in [6.07, 6.45) is 2.96. The second kappa shape index (κ2) is 6.82. The molecule has 3 nitrogen and oxygen atoms in total. The van der Waals surface area contributed by atoms with E-state index in [1.54, 1.807) is 22.8 Å². The molecule has 0 radical (unpaired) electrons. The Labute approximate surface area is 159 Å². The number of hydrogen-bond acceptors (Lipinski definition) is 1. The van der Waals surface area contributed by atoms with Crippen molar-refractivity contribution in [3.63, 3.8) is 0 Å². The van der Waals surface area contributed by atoms with E-state index in [9.17, 15) is 18.7 Å². The largest absolute Gasteiger partial charge is 0.481 e. The molecule has 6 heteroatoms. The van der Waals surface area contributed by atoms with Crippen molar-refractivity contribution in [1.29, 1.82) is 0 Å². The number of carboxylic acid groups (broad SMARTS) is 1. The van der Waals surface area contributed by atoms with E-state index in [4.69, 9.17) is 11.6 Å². The molecule has 1 aliphatic rings. The molecule has 0 atom stereocenters. The molecule has 3 aromatic rings. The molecule has 0 aliphatic heterocycles. The molecule has 27 heavy (non-hydrogen) atoms. The van der Waals surface area contributed by atoms with E-state index in [0.29, 0.717) is 46.6 Å². The highest BCUT2D eigenvalue weighted by Crippen LogP contribution is 2.38. The van der Waals surface area contributed by atoms with Crippen LogP contribution in [0.4, 0.5) is 8.78 Å². The zero-order valence-corrected chi connectivity index (χ0v) is 15.1. The Bertz CT molecular complexity index is 1100. The van der Waals surface area contributed by atoms with Gasteiger partial charge in [0.2, 0.25) is 0 Å². The van der Waals surface area contributed by atoms with Crippen molar-refractivity contribution in [2.24, 2.45) is 0 Å². The van der Waals surface area contributed by atoms with Gasteiger partial charge < -0.3 is 9.67 Å². The van der Waals surface area contributed by atoms with E-state index in [-0.39, 0.29) is 6.42 Å². The van der Waals surface area contributed by atoms with E-state index in [0.717, 1.165) is 17.2 Å². The highest BCUT2D eigenvalue weighted by Gasteiger charge is 2.26. The Morgan fingerprint density at radius 1 is 1.22 bits per heavy atom. The van der Waals surface area contributed by atoms with Crippen molar-refractivity contribution in [3.05, 3.63) is 76.0 Å². The first-order valence-corrected chi connectivity index (χ1v) is 8.97. The van der Waals surface area contributed by atoms with Crippen LogP contribution in [-0.2, 0) is 17.8 Å². The maximum absolute atomic E-state index is 14.7. The van der Waals surface area contributed by atoms with Gasteiger partial charge in [-0.1, -0.05) is 29.8 Å². The Hall–Kier alpha value is -2.66. The maximum Gasteiger partial charge on any atom is 0.307 e. The van der Waals surface area contributed by atoms with Crippen molar-refractivity contribution in [1.82, 2.24) is 4.57 Å². The Morgan fingerprint density at radius 3 is 2.78 bits per heavy atom. The van der Waals surface area contributed by atoms with Gasteiger partial charge in [-0.25, -0.2) is 8.78 Å². The number of carboxylic acids is 1. The lowest BCUT2D eigenvalue weighted by Crippen LogP contribution is -2.10. The minimum atomic E-state index is -0.958. The number of aromatic nitrogens is 1. The molecule has 1 N–H and O–H groups in total. The van der Waals surface area contributed by atoms with Crippen molar-refractivity contribution < 1.29 is 18.7 Å². The summed E-state index contributed by atoms with van der Waals surface area (Å²) in [5.41, 5.74) is 3.24. The number of hydrogen-bond donors (Lipinski definition) is 1. The average molecular weight is 388 g/mol. The second-order valence-electron chi connectivity index (χ2n) is 6.67. The first kappa shape index (κ1) is 17.7. The van der Waals surface area contributed by atoms with Gasteiger partial charge >= 0.3 is 5.97 Å². The SMILES string of the molecule is O=C(O)CC1=CCCc2c1n(Cc1cccc(Cl)c1)c1c(F)cc(F)cc21. The monoisotopic (exact) mass is 387 g/mol. The maximum atomic E-state index is 14.7.